The monoisotopic (exact) mass is 1370 g/mol. The smallest absolute Gasteiger partial charge is 0.462 e. The average molecular weight is 1370 g/mol. The van der Waals surface area contributed by atoms with Crippen molar-refractivity contribution in [2.75, 3.05) is 47.5 Å². The minimum Gasteiger partial charge on any atom is -0.462 e. The van der Waals surface area contributed by atoms with E-state index < -0.39 is 32.5 Å². The van der Waals surface area contributed by atoms with Crippen LogP contribution >= 0.6 is 7.82 Å². The van der Waals surface area contributed by atoms with Crippen LogP contribution in [0.15, 0.2) is 231 Å². The molecule has 0 fully saturated rings. The van der Waals surface area contributed by atoms with Gasteiger partial charge < -0.3 is 18.9 Å². The van der Waals surface area contributed by atoms with Gasteiger partial charge in [-0.15, -0.1) is 0 Å². The first kappa shape index (κ1) is 92.1. The van der Waals surface area contributed by atoms with E-state index in [1.165, 1.54) is 38.5 Å². The maximum Gasteiger partial charge on any atom is 0.472 e. The van der Waals surface area contributed by atoms with Crippen LogP contribution in [0, 0.1) is 0 Å². The lowest BCUT2D eigenvalue weighted by atomic mass is 10.0. The molecule has 0 bridgehead atoms. The van der Waals surface area contributed by atoms with Gasteiger partial charge in [-0.1, -0.05) is 315 Å². The molecule has 1 N–H and O–H groups in total. The third-order valence-electron chi connectivity index (χ3n) is 15.2. The zero-order chi connectivity index (χ0) is 71.1. The predicted octanol–water partition coefficient (Wildman–Crippen LogP) is 25.7. The Morgan fingerprint density at radius 3 is 0.816 bits per heavy atom. The molecule has 2 unspecified atom stereocenters. The summed E-state index contributed by atoms with van der Waals surface area (Å²) in [5.41, 5.74) is 0. The van der Waals surface area contributed by atoms with Crippen LogP contribution in [0.2, 0.25) is 0 Å². The molecule has 0 rings (SSSR count). The summed E-state index contributed by atoms with van der Waals surface area (Å²) in [7, 11) is 1.43. The van der Waals surface area contributed by atoms with Crippen LogP contribution in [0.1, 0.15) is 258 Å². The second-order valence-electron chi connectivity index (χ2n) is 25.6. The molecule has 0 heterocycles. The summed E-state index contributed by atoms with van der Waals surface area (Å²) >= 11 is 0. The summed E-state index contributed by atoms with van der Waals surface area (Å²) < 4.78 is 34.7. The molecular weight excluding hydrogens is 1230 g/mol. The molecule has 98 heavy (non-hydrogen) atoms. The number of carbonyl (C=O) groups is 2. The van der Waals surface area contributed by atoms with Crippen LogP contribution in [-0.4, -0.2) is 74.9 Å². The summed E-state index contributed by atoms with van der Waals surface area (Å²) in [4.78, 5) is 35.9. The van der Waals surface area contributed by atoms with Crippen LogP contribution < -0.4 is 0 Å². The van der Waals surface area contributed by atoms with Gasteiger partial charge in [-0.05, 0) is 161 Å². The van der Waals surface area contributed by atoms with E-state index in [1.54, 1.807) is 0 Å². The number of allylic oxidation sites excluding steroid dienone is 38. The van der Waals surface area contributed by atoms with E-state index in [0.29, 0.717) is 23.9 Å². The van der Waals surface area contributed by atoms with Crippen molar-refractivity contribution < 1.29 is 42.1 Å². The van der Waals surface area contributed by atoms with Crippen LogP contribution in [0.5, 0.6) is 0 Å². The number of hydrogen-bond donors (Lipinski definition) is 1. The number of phosphoric ester groups is 1. The highest BCUT2D eigenvalue weighted by molar-refractivity contribution is 7.47. The minimum atomic E-state index is -4.42. The number of quaternary nitrogens is 1. The average Bonchev–Trinajstić information content (AvgIpc) is 1.08. The number of likely N-dealkylation sites (N-methyl/N-ethyl adjacent to an activating group) is 1. The second kappa shape index (κ2) is 75.3. The SMILES string of the molecule is CC/C=C\C/C=C\C/C=C\C/C=C\C/C=C\C/C=C\C/C=C\C/C=C\C/C=C\C/C=C\CCCCCCCCCCCCC(=O)OC(COC(=O)CCCCCCC/C=C\C/C=C\C/C=C\C/C=C\C/C=C\C/C=C\C/C=C\C/C=C\C/C=C\CC)COP(=O)(O)OCC[N+](C)(C)C. The van der Waals surface area contributed by atoms with E-state index in [9.17, 15) is 19.0 Å². The summed E-state index contributed by atoms with van der Waals surface area (Å²) in [6, 6.07) is 0. The van der Waals surface area contributed by atoms with E-state index in [4.69, 9.17) is 18.5 Å². The number of rotatable bonds is 67. The summed E-state index contributed by atoms with van der Waals surface area (Å²) in [5, 5.41) is 0. The number of esters is 2. The Kier molecular flexibility index (Phi) is 70.7. The van der Waals surface area contributed by atoms with Crippen molar-refractivity contribution in [3.8, 4) is 0 Å². The van der Waals surface area contributed by atoms with Gasteiger partial charge in [-0.3, -0.25) is 18.6 Å². The fraction of sp³-hybridized carbons (Fsp3) is 0.545. The molecule has 0 saturated heterocycles. The van der Waals surface area contributed by atoms with Gasteiger partial charge in [0, 0.05) is 12.8 Å². The van der Waals surface area contributed by atoms with Crippen molar-refractivity contribution in [2.45, 2.75) is 264 Å². The molecule has 0 aliphatic heterocycles. The summed E-state index contributed by atoms with van der Waals surface area (Å²) in [5.74, 6) is -0.841. The van der Waals surface area contributed by atoms with Crippen molar-refractivity contribution in [1.29, 1.82) is 0 Å². The van der Waals surface area contributed by atoms with E-state index in [1.807, 2.05) is 21.1 Å². The molecule has 0 amide bonds. The van der Waals surface area contributed by atoms with Gasteiger partial charge in [-0.25, -0.2) is 4.57 Å². The van der Waals surface area contributed by atoms with Gasteiger partial charge in [0.2, 0.25) is 0 Å². The molecule has 0 spiro atoms. The van der Waals surface area contributed by atoms with Crippen LogP contribution in [0.4, 0.5) is 0 Å². The largest absolute Gasteiger partial charge is 0.472 e. The van der Waals surface area contributed by atoms with Crippen molar-refractivity contribution >= 4 is 19.8 Å². The Morgan fingerprint density at radius 2 is 0.551 bits per heavy atom. The molecule has 548 valence electrons. The van der Waals surface area contributed by atoms with E-state index >= 15 is 0 Å². The minimum absolute atomic E-state index is 0.0149. The van der Waals surface area contributed by atoms with E-state index in [2.05, 4.69) is 245 Å². The lowest BCUT2D eigenvalue weighted by molar-refractivity contribution is -0.870. The number of nitrogens with zero attached hydrogens (tertiary/aromatic N) is 1. The van der Waals surface area contributed by atoms with Crippen LogP contribution in [0.25, 0.3) is 0 Å². The second-order valence-corrected chi connectivity index (χ2v) is 27.0. The summed E-state index contributed by atoms with van der Waals surface area (Å²) in [6.45, 7) is 4.15. The van der Waals surface area contributed by atoms with E-state index in [-0.39, 0.29) is 26.1 Å². The van der Waals surface area contributed by atoms with Gasteiger partial charge in [0.05, 0.1) is 27.7 Å². The standard InChI is InChI=1S/C88H138NO8P/c1-6-8-10-12-14-16-18-20-22-24-26-28-30-32-34-36-38-40-41-42-43-44-45-46-47-49-51-53-55-57-59-61-63-65-67-69-71-73-75-77-79-81-88(91)97-86(85-96-98(92,93)95-83-82-89(3,4)5)84-94-87(90)80-78-76-74-72-70-68-66-64-62-60-58-56-54-52-50-48-39-37-35-33-31-29-27-25-23-21-19-17-15-13-11-9-7-2/h8-11,14-17,20-23,26-29,32-35,38-40,42-43,45-46,48-49,51-52,54-55,57-58,60,64,66,86H,6-7,12-13,18-19,24-25,30-31,36-37,41,44,47,50,53,56,59,61-63,65,67-85H2,1-5H3/p+1/b10-8-,11-9-,16-14-,17-15-,22-20-,23-21-,28-26-,29-27-,34-32-,35-33-,40-38-,43-42-,46-45-,48-39-,51-49-,54-52-,57-55-,60-58-,66-64-. The molecule has 0 aliphatic rings. The van der Waals surface area contributed by atoms with Crippen molar-refractivity contribution in [3.05, 3.63) is 231 Å². The van der Waals surface area contributed by atoms with E-state index in [0.717, 1.165) is 180 Å². The van der Waals surface area contributed by atoms with Gasteiger partial charge in [0.15, 0.2) is 6.10 Å². The predicted molar refractivity (Wildman–Crippen MR) is 426 cm³/mol. The highest BCUT2D eigenvalue weighted by atomic mass is 31.2. The molecule has 2 atom stereocenters. The molecule has 0 aliphatic carbocycles. The third kappa shape index (κ3) is 79.1. The first-order valence-electron chi connectivity index (χ1n) is 38.1. The molecule has 0 aromatic heterocycles. The number of phosphoric acid groups is 1. The molecular formula is C88H139NO8P+. The topological polar surface area (TPSA) is 108 Å². The maximum atomic E-state index is 12.9. The van der Waals surface area contributed by atoms with Crippen LogP contribution in [-0.2, 0) is 32.7 Å². The number of hydrogen-bond acceptors (Lipinski definition) is 7. The lowest BCUT2D eigenvalue weighted by Crippen LogP contribution is -2.37. The number of carbonyl (C=O) groups excluding carboxylic acids is 2. The Labute approximate surface area is 600 Å². The highest BCUT2D eigenvalue weighted by Crippen LogP contribution is 2.43. The Hall–Kier alpha value is -5.93. The molecule has 0 aromatic carbocycles. The molecule has 0 aromatic rings. The zero-order valence-corrected chi connectivity index (χ0v) is 63.3. The lowest BCUT2D eigenvalue weighted by Gasteiger charge is -2.24. The molecule has 9 nitrogen and oxygen atoms in total. The van der Waals surface area contributed by atoms with Gasteiger partial charge >= 0.3 is 19.8 Å². The first-order chi connectivity index (χ1) is 48.0. The first-order valence-corrected chi connectivity index (χ1v) is 39.6. The zero-order valence-electron chi connectivity index (χ0n) is 62.4. The fourth-order valence-electron chi connectivity index (χ4n) is 9.45. The number of unbranched alkanes of at least 4 members (excludes halogenated alkanes) is 15. The summed E-state index contributed by atoms with van der Waals surface area (Å²) in [6.07, 6.45) is 122. The maximum absolute atomic E-state index is 12.9. The Balaban J connectivity index is 4.16. The van der Waals surface area contributed by atoms with Crippen molar-refractivity contribution in [1.82, 2.24) is 0 Å². The Bertz CT molecular complexity index is 2510. The fourth-order valence-corrected chi connectivity index (χ4v) is 10.2. The van der Waals surface area contributed by atoms with Gasteiger partial charge in [0.25, 0.3) is 0 Å². The molecule has 0 saturated carbocycles. The highest BCUT2D eigenvalue weighted by Gasteiger charge is 2.27. The van der Waals surface area contributed by atoms with Crippen LogP contribution in [0.3, 0.4) is 0 Å². The van der Waals surface area contributed by atoms with Crippen molar-refractivity contribution in [3.63, 3.8) is 0 Å². The molecule has 0 radical (unpaired) electrons. The van der Waals surface area contributed by atoms with Gasteiger partial charge in [0.1, 0.15) is 19.8 Å². The normalized spacial score (nSPS) is 14.4. The molecule has 10 heteroatoms. The van der Waals surface area contributed by atoms with Gasteiger partial charge in [-0.2, -0.15) is 0 Å². The quantitative estimate of drug-likeness (QED) is 0.0211. The van der Waals surface area contributed by atoms with Crippen molar-refractivity contribution in [2.24, 2.45) is 0 Å². The Morgan fingerprint density at radius 1 is 0.316 bits per heavy atom. The third-order valence-corrected chi connectivity index (χ3v) is 16.2. The number of ether oxygens (including phenoxy) is 2.